The highest BCUT2D eigenvalue weighted by atomic mass is 19.2. The summed E-state index contributed by atoms with van der Waals surface area (Å²) in [5, 5.41) is 0. The molecule has 0 amide bonds. The van der Waals surface area contributed by atoms with Crippen molar-refractivity contribution in [2.24, 2.45) is 0 Å². The van der Waals surface area contributed by atoms with Gasteiger partial charge in [0.2, 0.25) is 0 Å². The van der Waals surface area contributed by atoms with Crippen molar-refractivity contribution < 1.29 is 22.0 Å². The van der Waals surface area contributed by atoms with Gasteiger partial charge < -0.3 is 0 Å². The zero-order valence-electron chi connectivity index (χ0n) is 20.9. The van der Waals surface area contributed by atoms with Crippen LogP contribution in [0.3, 0.4) is 0 Å². The molecule has 0 bridgehead atoms. The fraction of sp³-hybridized carbons (Fsp3) is 0.200. The maximum absolute atomic E-state index is 13.6. The van der Waals surface area contributed by atoms with Crippen LogP contribution >= 0.6 is 0 Å². The Kier molecular flexibility index (Phi) is 12.4. The molecule has 0 saturated carbocycles. The molecule has 0 radical (unpaired) electrons. The molecule has 0 spiro atoms. The second-order valence-corrected chi connectivity index (χ2v) is 7.11. The third kappa shape index (κ3) is 8.67. The Bertz CT molecular complexity index is 1220. The standard InChI is InChI=1S/C13H9F3.C13H10F2.2C2H6/c1-8-2-4-10(12(15)6-8)9-3-5-11(14)13(16)7-9;1-9-5-6-12(13(15)7-9)10-3-2-4-11(14)8-10;2*1-2/h2-7H,1H3;2-8H,1H3;2*1-2H3. The van der Waals surface area contributed by atoms with E-state index in [-0.39, 0.29) is 17.2 Å². The van der Waals surface area contributed by atoms with Crippen LogP contribution in [0.15, 0.2) is 78.9 Å². The molecule has 0 N–H and O–H groups in total. The molecule has 0 aromatic heterocycles. The molecule has 0 atom stereocenters. The summed E-state index contributed by atoms with van der Waals surface area (Å²) in [6.07, 6.45) is 0. The molecule has 0 aliphatic rings. The van der Waals surface area contributed by atoms with Gasteiger partial charge in [0, 0.05) is 11.1 Å². The Morgan fingerprint density at radius 2 is 0.914 bits per heavy atom. The first kappa shape index (κ1) is 29.6. The summed E-state index contributed by atoms with van der Waals surface area (Å²) < 4.78 is 65.7. The minimum atomic E-state index is -0.975. The second-order valence-electron chi connectivity index (χ2n) is 7.11. The van der Waals surface area contributed by atoms with Crippen LogP contribution in [-0.2, 0) is 0 Å². The van der Waals surface area contributed by atoms with Crippen LogP contribution in [0.1, 0.15) is 38.8 Å². The number of benzene rings is 4. The lowest BCUT2D eigenvalue weighted by Gasteiger charge is -2.04. The van der Waals surface area contributed by atoms with E-state index in [1.54, 1.807) is 37.3 Å². The third-order valence-electron chi connectivity index (χ3n) is 4.62. The molecule has 0 unspecified atom stereocenters. The smallest absolute Gasteiger partial charge is 0.159 e. The Hall–Kier alpha value is -3.47. The molecule has 0 saturated heterocycles. The predicted molar refractivity (Wildman–Crippen MR) is 136 cm³/mol. The minimum Gasteiger partial charge on any atom is -0.207 e. The quantitative estimate of drug-likeness (QED) is 0.247. The molecule has 0 fully saturated rings. The van der Waals surface area contributed by atoms with Crippen LogP contribution in [0.2, 0.25) is 0 Å². The lowest BCUT2D eigenvalue weighted by Crippen LogP contribution is -1.89. The van der Waals surface area contributed by atoms with Crippen LogP contribution in [0.4, 0.5) is 22.0 Å². The number of aryl methyl sites for hydroxylation is 2. The third-order valence-corrected chi connectivity index (χ3v) is 4.62. The van der Waals surface area contributed by atoms with Crippen molar-refractivity contribution in [3.05, 3.63) is 119 Å². The molecule has 0 nitrogen and oxygen atoms in total. The first-order chi connectivity index (χ1) is 16.7. The van der Waals surface area contributed by atoms with Gasteiger partial charge >= 0.3 is 0 Å². The number of hydrogen-bond acceptors (Lipinski definition) is 0. The van der Waals surface area contributed by atoms with Crippen molar-refractivity contribution in [1.29, 1.82) is 0 Å². The van der Waals surface area contributed by atoms with Gasteiger partial charge in [-0.3, -0.25) is 0 Å². The largest absolute Gasteiger partial charge is 0.207 e. The molecule has 4 aromatic rings. The summed E-state index contributed by atoms with van der Waals surface area (Å²) in [6.45, 7) is 11.6. The number of hydrogen-bond donors (Lipinski definition) is 0. The zero-order chi connectivity index (χ0) is 26.5. The van der Waals surface area contributed by atoms with Crippen molar-refractivity contribution in [1.82, 2.24) is 0 Å². The maximum Gasteiger partial charge on any atom is 0.159 e. The van der Waals surface area contributed by atoms with Crippen molar-refractivity contribution in [2.45, 2.75) is 41.5 Å². The fourth-order valence-corrected chi connectivity index (χ4v) is 3.03. The van der Waals surface area contributed by atoms with E-state index in [0.29, 0.717) is 16.7 Å². The molecule has 5 heteroatoms. The van der Waals surface area contributed by atoms with Gasteiger partial charge in [0.25, 0.3) is 0 Å². The van der Waals surface area contributed by atoms with Crippen molar-refractivity contribution in [2.75, 3.05) is 0 Å². The van der Waals surface area contributed by atoms with Gasteiger partial charge in [-0.1, -0.05) is 70.2 Å². The van der Waals surface area contributed by atoms with Crippen LogP contribution < -0.4 is 0 Å². The SMILES string of the molecule is CC.CC.Cc1ccc(-c2ccc(F)c(F)c2)c(F)c1.Cc1ccc(-c2cccc(F)c2)c(F)c1. The Morgan fingerprint density at radius 3 is 1.34 bits per heavy atom. The van der Waals surface area contributed by atoms with Crippen LogP contribution in [0.25, 0.3) is 22.3 Å². The van der Waals surface area contributed by atoms with Crippen molar-refractivity contribution in [3.63, 3.8) is 0 Å². The summed E-state index contributed by atoms with van der Waals surface area (Å²) in [5.41, 5.74) is 3.23. The van der Waals surface area contributed by atoms with Gasteiger partial charge in [0.15, 0.2) is 11.6 Å². The van der Waals surface area contributed by atoms with Gasteiger partial charge in [0.05, 0.1) is 0 Å². The summed E-state index contributed by atoms with van der Waals surface area (Å²) in [4.78, 5) is 0. The molecule has 4 rings (SSSR count). The van der Waals surface area contributed by atoms with E-state index >= 15 is 0 Å². The van der Waals surface area contributed by atoms with E-state index < -0.39 is 17.5 Å². The first-order valence-electron chi connectivity index (χ1n) is 11.5. The molecule has 35 heavy (non-hydrogen) atoms. The highest BCUT2D eigenvalue weighted by Gasteiger charge is 2.08. The first-order valence-corrected chi connectivity index (χ1v) is 11.5. The van der Waals surface area contributed by atoms with Crippen LogP contribution in [0.5, 0.6) is 0 Å². The van der Waals surface area contributed by atoms with Gasteiger partial charge in [-0.2, -0.15) is 0 Å². The van der Waals surface area contributed by atoms with E-state index in [4.69, 9.17) is 0 Å². The predicted octanol–water partition coefficient (Wildman–Crippen LogP) is 10.1. The topological polar surface area (TPSA) is 0 Å². The zero-order valence-corrected chi connectivity index (χ0v) is 20.9. The molecule has 0 heterocycles. The average Bonchev–Trinajstić information content (AvgIpc) is 2.84. The molecule has 0 aliphatic heterocycles. The number of rotatable bonds is 2. The summed E-state index contributed by atoms with van der Waals surface area (Å²) in [6, 6.07) is 18.8. The monoisotopic (exact) mass is 486 g/mol. The van der Waals surface area contributed by atoms with Gasteiger partial charge in [0.1, 0.15) is 17.5 Å². The summed E-state index contributed by atoms with van der Waals surface area (Å²) in [5.74, 6) is -3.02. The van der Waals surface area contributed by atoms with E-state index in [2.05, 4.69) is 0 Å². The molecule has 0 aliphatic carbocycles. The highest BCUT2D eigenvalue weighted by Crippen LogP contribution is 2.25. The Balaban J connectivity index is 0.000000307. The van der Waals surface area contributed by atoms with Crippen LogP contribution in [0, 0.1) is 42.9 Å². The molecule has 4 aromatic carbocycles. The van der Waals surface area contributed by atoms with Crippen LogP contribution in [-0.4, -0.2) is 0 Å². The van der Waals surface area contributed by atoms with E-state index in [1.807, 2.05) is 40.7 Å². The van der Waals surface area contributed by atoms with Crippen molar-refractivity contribution >= 4 is 0 Å². The highest BCUT2D eigenvalue weighted by molar-refractivity contribution is 5.65. The molecular weight excluding hydrogens is 455 g/mol. The Morgan fingerprint density at radius 1 is 0.429 bits per heavy atom. The maximum atomic E-state index is 13.6. The fourth-order valence-electron chi connectivity index (χ4n) is 3.03. The normalized spacial score (nSPS) is 9.57. The van der Waals surface area contributed by atoms with Crippen molar-refractivity contribution in [3.8, 4) is 22.3 Å². The van der Waals surface area contributed by atoms with E-state index in [1.165, 1.54) is 30.3 Å². The van der Waals surface area contributed by atoms with E-state index in [9.17, 15) is 22.0 Å². The number of halogens is 5. The van der Waals surface area contributed by atoms with Gasteiger partial charge in [-0.05, 0) is 72.5 Å². The average molecular weight is 487 g/mol. The lowest BCUT2D eigenvalue weighted by atomic mass is 10.0. The summed E-state index contributed by atoms with van der Waals surface area (Å²) in [7, 11) is 0. The lowest BCUT2D eigenvalue weighted by molar-refractivity contribution is 0.509. The van der Waals surface area contributed by atoms with E-state index in [0.717, 1.165) is 23.3 Å². The summed E-state index contributed by atoms with van der Waals surface area (Å²) >= 11 is 0. The van der Waals surface area contributed by atoms with Gasteiger partial charge in [-0.25, -0.2) is 22.0 Å². The second kappa shape index (κ2) is 14.7. The van der Waals surface area contributed by atoms with Gasteiger partial charge in [-0.15, -0.1) is 0 Å². The molecule has 186 valence electrons. The molecular formula is C30H31F5. The minimum absolute atomic E-state index is 0.268. The Labute approximate surface area is 205 Å².